The second kappa shape index (κ2) is 7.10. The van der Waals surface area contributed by atoms with E-state index in [4.69, 9.17) is 9.47 Å². The van der Waals surface area contributed by atoms with Crippen LogP contribution in [0.25, 0.3) is 10.8 Å². The van der Waals surface area contributed by atoms with Crippen LogP contribution in [0.1, 0.15) is 22.8 Å². The summed E-state index contributed by atoms with van der Waals surface area (Å²) in [5, 5.41) is 23.3. The number of methoxy groups -OCH3 is 2. The summed E-state index contributed by atoms with van der Waals surface area (Å²) in [7, 11) is 3.24. The predicted octanol–water partition coefficient (Wildman–Crippen LogP) is 3.61. The summed E-state index contributed by atoms with van der Waals surface area (Å²) in [6.45, 7) is 1.60. The van der Waals surface area contributed by atoms with Gasteiger partial charge in [-0.1, -0.05) is 30.3 Å². The van der Waals surface area contributed by atoms with Crippen LogP contribution in [-0.2, 0) is 13.1 Å². The molecule has 5 nitrogen and oxygen atoms in total. The molecule has 0 aromatic heterocycles. The van der Waals surface area contributed by atoms with Gasteiger partial charge >= 0.3 is 0 Å². The Morgan fingerprint density at radius 3 is 2.52 bits per heavy atom. The molecule has 3 aromatic carbocycles. The van der Waals surface area contributed by atoms with E-state index in [1.165, 1.54) is 0 Å². The van der Waals surface area contributed by atoms with Crippen LogP contribution in [-0.4, -0.2) is 35.9 Å². The Morgan fingerprint density at radius 2 is 1.74 bits per heavy atom. The Morgan fingerprint density at radius 1 is 1.00 bits per heavy atom. The van der Waals surface area contributed by atoms with E-state index < -0.39 is 6.10 Å². The van der Waals surface area contributed by atoms with Crippen molar-refractivity contribution >= 4 is 10.8 Å². The quantitative estimate of drug-likeness (QED) is 0.740. The third kappa shape index (κ3) is 3.09. The summed E-state index contributed by atoms with van der Waals surface area (Å²) in [5.74, 6) is 1.68. The molecule has 0 radical (unpaired) electrons. The summed E-state index contributed by atoms with van der Waals surface area (Å²) in [6, 6.07) is 15.4. The molecule has 1 aliphatic rings. The zero-order valence-electron chi connectivity index (χ0n) is 15.5. The van der Waals surface area contributed by atoms with Gasteiger partial charge in [0.25, 0.3) is 0 Å². The lowest BCUT2D eigenvalue weighted by Crippen LogP contribution is -2.33. The minimum atomic E-state index is -0.684. The van der Waals surface area contributed by atoms with Crippen molar-refractivity contribution in [2.75, 3.05) is 20.8 Å². The van der Waals surface area contributed by atoms with Gasteiger partial charge in [0, 0.05) is 36.3 Å². The topological polar surface area (TPSA) is 62.2 Å². The fourth-order valence-electron chi connectivity index (χ4n) is 3.98. The minimum Gasteiger partial charge on any atom is -0.508 e. The first kappa shape index (κ1) is 17.6. The van der Waals surface area contributed by atoms with E-state index in [0.717, 1.165) is 33.2 Å². The number of nitrogens with zero attached hydrogens (tertiary/aromatic N) is 1. The monoisotopic (exact) mass is 365 g/mol. The Kier molecular flexibility index (Phi) is 4.64. The second-order valence-electron chi connectivity index (χ2n) is 6.83. The number of rotatable bonds is 4. The Bertz CT molecular complexity index is 985. The molecule has 140 valence electrons. The van der Waals surface area contributed by atoms with Gasteiger partial charge in [-0.3, -0.25) is 4.90 Å². The molecule has 1 heterocycles. The molecule has 0 spiro atoms. The van der Waals surface area contributed by atoms with E-state index in [9.17, 15) is 10.2 Å². The van der Waals surface area contributed by atoms with Gasteiger partial charge in [-0.2, -0.15) is 0 Å². The molecule has 27 heavy (non-hydrogen) atoms. The molecule has 4 rings (SSSR count). The van der Waals surface area contributed by atoms with Crippen molar-refractivity contribution in [2.45, 2.75) is 19.2 Å². The highest BCUT2D eigenvalue weighted by atomic mass is 16.5. The van der Waals surface area contributed by atoms with Gasteiger partial charge in [0.1, 0.15) is 17.2 Å². The maximum atomic E-state index is 10.8. The third-order valence-corrected chi connectivity index (χ3v) is 5.26. The number of β-amino-alcohol motifs (C(OH)–C–C–N with tert-alkyl or cyclic N) is 1. The lowest BCUT2D eigenvalue weighted by molar-refractivity contribution is 0.0841. The maximum absolute atomic E-state index is 10.8. The summed E-state index contributed by atoms with van der Waals surface area (Å²) in [5.41, 5.74) is 2.58. The molecule has 0 saturated heterocycles. The lowest BCUT2D eigenvalue weighted by Gasteiger charge is -2.34. The fraction of sp³-hybridized carbons (Fsp3) is 0.273. The van der Waals surface area contributed by atoms with Crippen molar-refractivity contribution in [1.82, 2.24) is 4.90 Å². The number of phenols is 1. The molecular weight excluding hydrogens is 342 g/mol. The molecule has 0 fully saturated rings. The first-order valence-electron chi connectivity index (χ1n) is 8.96. The van der Waals surface area contributed by atoms with Crippen LogP contribution in [0.2, 0.25) is 0 Å². The highest BCUT2D eigenvalue weighted by Gasteiger charge is 2.30. The number of benzene rings is 3. The molecule has 0 bridgehead atoms. The number of aliphatic hydroxyl groups is 1. The van der Waals surface area contributed by atoms with Gasteiger partial charge in [-0.05, 0) is 29.0 Å². The Hall–Kier alpha value is -2.76. The van der Waals surface area contributed by atoms with Crippen LogP contribution in [0.15, 0.2) is 48.5 Å². The van der Waals surface area contributed by atoms with Crippen molar-refractivity contribution in [3.05, 3.63) is 65.2 Å². The van der Waals surface area contributed by atoms with E-state index in [0.29, 0.717) is 25.4 Å². The average Bonchev–Trinajstić information content (AvgIpc) is 2.69. The van der Waals surface area contributed by atoms with E-state index in [-0.39, 0.29) is 5.75 Å². The van der Waals surface area contributed by atoms with Gasteiger partial charge in [-0.15, -0.1) is 0 Å². The summed E-state index contributed by atoms with van der Waals surface area (Å²) in [4.78, 5) is 2.12. The number of aliphatic hydroxyl groups excluding tert-OH is 1. The SMILES string of the molecule is COc1ccc(OC)c2c1CN(Cc1c(O)ccc3ccccc13)C[C@H]2O. The molecule has 0 saturated carbocycles. The van der Waals surface area contributed by atoms with Gasteiger partial charge in [0.05, 0.1) is 20.3 Å². The van der Waals surface area contributed by atoms with Crippen molar-refractivity contribution < 1.29 is 19.7 Å². The zero-order chi connectivity index (χ0) is 19.0. The molecule has 1 atom stereocenters. The van der Waals surface area contributed by atoms with Crippen LogP contribution < -0.4 is 9.47 Å². The standard InChI is InChI=1S/C22H23NO4/c1-26-20-9-10-21(27-2)22-17(20)12-23(13-19(22)25)11-16-15-6-4-3-5-14(15)7-8-18(16)24/h3-10,19,24-25H,11-13H2,1-2H3/t19-/m1/s1. The maximum Gasteiger partial charge on any atom is 0.125 e. The highest BCUT2D eigenvalue weighted by Crippen LogP contribution is 2.40. The molecule has 3 aromatic rings. The summed E-state index contributed by atoms with van der Waals surface area (Å²) in [6.07, 6.45) is -0.684. The molecule has 2 N–H and O–H groups in total. The van der Waals surface area contributed by atoms with Gasteiger partial charge < -0.3 is 19.7 Å². The molecule has 0 unspecified atom stereocenters. The van der Waals surface area contributed by atoms with Crippen LogP contribution in [0.5, 0.6) is 17.2 Å². The highest BCUT2D eigenvalue weighted by molar-refractivity contribution is 5.87. The van der Waals surface area contributed by atoms with E-state index in [2.05, 4.69) is 4.90 Å². The second-order valence-corrected chi connectivity index (χ2v) is 6.83. The first-order chi connectivity index (χ1) is 13.1. The predicted molar refractivity (Wildman–Crippen MR) is 104 cm³/mol. The first-order valence-corrected chi connectivity index (χ1v) is 8.96. The van der Waals surface area contributed by atoms with Crippen LogP contribution in [0.3, 0.4) is 0 Å². The lowest BCUT2D eigenvalue weighted by atomic mass is 9.94. The Labute approximate surface area is 158 Å². The number of aromatic hydroxyl groups is 1. The zero-order valence-corrected chi connectivity index (χ0v) is 15.5. The summed E-state index contributed by atoms with van der Waals surface area (Å²) < 4.78 is 10.9. The Balaban J connectivity index is 1.72. The average molecular weight is 365 g/mol. The van der Waals surface area contributed by atoms with Crippen molar-refractivity contribution in [2.24, 2.45) is 0 Å². The van der Waals surface area contributed by atoms with Crippen LogP contribution in [0, 0.1) is 0 Å². The van der Waals surface area contributed by atoms with Gasteiger partial charge in [0.2, 0.25) is 0 Å². The molecule has 0 amide bonds. The van der Waals surface area contributed by atoms with E-state index in [1.807, 2.05) is 42.5 Å². The largest absolute Gasteiger partial charge is 0.508 e. The normalized spacial score (nSPS) is 16.9. The number of hydrogen-bond donors (Lipinski definition) is 2. The minimum absolute atomic E-state index is 0.270. The number of fused-ring (bicyclic) bond motifs is 2. The van der Waals surface area contributed by atoms with Gasteiger partial charge in [-0.25, -0.2) is 0 Å². The van der Waals surface area contributed by atoms with Crippen molar-refractivity contribution in [3.63, 3.8) is 0 Å². The molecule has 0 aliphatic carbocycles. The van der Waals surface area contributed by atoms with Crippen molar-refractivity contribution in [3.8, 4) is 17.2 Å². The molecule has 5 heteroatoms. The van der Waals surface area contributed by atoms with Crippen LogP contribution in [0.4, 0.5) is 0 Å². The van der Waals surface area contributed by atoms with E-state index in [1.54, 1.807) is 20.3 Å². The van der Waals surface area contributed by atoms with Crippen LogP contribution >= 0.6 is 0 Å². The number of phenolic OH excluding ortho intramolecular Hbond substituents is 1. The van der Waals surface area contributed by atoms with Crippen molar-refractivity contribution in [1.29, 1.82) is 0 Å². The van der Waals surface area contributed by atoms with Gasteiger partial charge in [0.15, 0.2) is 0 Å². The number of ether oxygens (including phenoxy) is 2. The smallest absolute Gasteiger partial charge is 0.125 e. The third-order valence-electron chi connectivity index (χ3n) is 5.26. The number of hydrogen-bond acceptors (Lipinski definition) is 5. The van der Waals surface area contributed by atoms with E-state index >= 15 is 0 Å². The molecular formula is C22H23NO4. The fourth-order valence-corrected chi connectivity index (χ4v) is 3.98. The molecule has 1 aliphatic heterocycles. The summed E-state index contributed by atoms with van der Waals surface area (Å²) >= 11 is 0.